The van der Waals surface area contributed by atoms with Gasteiger partial charge < -0.3 is 10.1 Å². The fourth-order valence-electron chi connectivity index (χ4n) is 1.96. The normalized spacial score (nSPS) is 10.2. The highest BCUT2D eigenvalue weighted by atomic mass is 16.5. The quantitative estimate of drug-likeness (QED) is 0.750. The lowest BCUT2D eigenvalue weighted by Crippen LogP contribution is -2.38. The molecule has 21 heavy (non-hydrogen) atoms. The third-order valence-electron chi connectivity index (χ3n) is 3.07. The summed E-state index contributed by atoms with van der Waals surface area (Å²) in [6.45, 7) is 4.61. The highest BCUT2D eigenvalue weighted by Gasteiger charge is 2.08. The van der Waals surface area contributed by atoms with Gasteiger partial charge in [0.2, 0.25) is 5.91 Å². The van der Waals surface area contributed by atoms with Crippen LogP contribution in [-0.4, -0.2) is 44.1 Å². The van der Waals surface area contributed by atoms with E-state index in [1.807, 2.05) is 24.3 Å². The molecule has 0 saturated heterocycles. The molecule has 0 bridgehead atoms. The number of hydrogen-bond acceptors (Lipinski definition) is 4. The minimum atomic E-state index is 0.0179. The van der Waals surface area contributed by atoms with E-state index in [1.165, 1.54) is 0 Å². The van der Waals surface area contributed by atoms with Crippen molar-refractivity contribution in [3.8, 4) is 11.8 Å². The molecule has 0 aliphatic carbocycles. The van der Waals surface area contributed by atoms with E-state index < -0.39 is 0 Å². The van der Waals surface area contributed by atoms with E-state index in [4.69, 9.17) is 10.00 Å². The maximum absolute atomic E-state index is 11.4. The maximum atomic E-state index is 11.4. The molecule has 5 nitrogen and oxygen atoms in total. The van der Waals surface area contributed by atoms with Crippen molar-refractivity contribution in [2.24, 2.45) is 0 Å². The summed E-state index contributed by atoms with van der Waals surface area (Å²) in [4.78, 5) is 13.5. The van der Waals surface area contributed by atoms with Crippen molar-refractivity contribution in [1.29, 1.82) is 5.26 Å². The predicted octanol–water partition coefficient (Wildman–Crippen LogP) is 1.59. The van der Waals surface area contributed by atoms with Crippen LogP contribution in [0.5, 0.6) is 5.75 Å². The van der Waals surface area contributed by atoms with Crippen molar-refractivity contribution in [3.63, 3.8) is 0 Å². The van der Waals surface area contributed by atoms with Gasteiger partial charge in [-0.1, -0.05) is 19.1 Å². The van der Waals surface area contributed by atoms with E-state index in [0.717, 1.165) is 24.3 Å². The molecule has 5 heteroatoms. The van der Waals surface area contributed by atoms with Crippen LogP contribution in [0.15, 0.2) is 24.3 Å². The van der Waals surface area contributed by atoms with Gasteiger partial charge in [-0.2, -0.15) is 5.26 Å². The van der Waals surface area contributed by atoms with Crippen LogP contribution < -0.4 is 10.1 Å². The number of carbonyl (C=O) groups is 1. The zero-order valence-electron chi connectivity index (χ0n) is 12.8. The molecular weight excluding hydrogens is 266 g/mol. The third-order valence-corrected chi connectivity index (χ3v) is 3.07. The van der Waals surface area contributed by atoms with Gasteiger partial charge >= 0.3 is 0 Å². The second kappa shape index (κ2) is 9.78. The first-order valence-electron chi connectivity index (χ1n) is 7.21. The zero-order chi connectivity index (χ0) is 15.5. The Labute approximate surface area is 126 Å². The second-order valence-corrected chi connectivity index (χ2v) is 4.78. The van der Waals surface area contributed by atoms with Crippen LogP contribution in [0, 0.1) is 11.3 Å². The lowest BCUT2D eigenvalue weighted by molar-refractivity contribution is -0.121. The van der Waals surface area contributed by atoms with Crippen molar-refractivity contribution in [2.45, 2.75) is 19.8 Å². The van der Waals surface area contributed by atoms with Gasteiger partial charge in [0.25, 0.3) is 0 Å². The second-order valence-electron chi connectivity index (χ2n) is 4.78. The topological polar surface area (TPSA) is 65.4 Å². The van der Waals surface area contributed by atoms with Crippen molar-refractivity contribution in [1.82, 2.24) is 10.2 Å². The summed E-state index contributed by atoms with van der Waals surface area (Å²) in [6, 6.07) is 9.65. The smallest absolute Gasteiger partial charge is 0.233 e. The molecule has 0 atom stereocenters. The molecule has 0 aromatic heterocycles. The molecular formula is C16H23N3O2. The van der Waals surface area contributed by atoms with Crippen molar-refractivity contribution >= 4 is 5.91 Å². The minimum Gasteiger partial charge on any atom is -0.492 e. The van der Waals surface area contributed by atoms with Gasteiger partial charge in [0.05, 0.1) is 19.0 Å². The van der Waals surface area contributed by atoms with E-state index in [2.05, 4.69) is 23.2 Å². The molecule has 0 fully saturated rings. The number of nitrogens with zero attached hydrogens (tertiary/aromatic N) is 2. The Bertz CT molecular complexity index is 465. The molecule has 1 aromatic carbocycles. The van der Waals surface area contributed by atoms with Crippen LogP contribution in [0.4, 0.5) is 0 Å². The molecule has 0 unspecified atom stereocenters. The lowest BCUT2D eigenvalue weighted by Gasteiger charge is -2.20. The van der Waals surface area contributed by atoms with Crippen LogP contribution in [0.3, 0.4) is 0 Å². The van der Waals surface area contributed by atoms with Gasteiger partial charge in [0.15, 0.2) is 0 Å². The van der Waals surface area contributed by atoms with Gasteiger partial charge in [-0.05, 0) is 30.7 Å². The van der Waals surface area contributed by atoms with Crippen LogP contribution in [0.25, 0.3) is 0 Å². The number of ether oxygens (including phenoxy) is 1. The monoisotopic (exact) mass is 289 g/mol. The average molecular weight is 289 g/mol. The summed E-state index contributed by atoms with van der Waals surface area (Å²) in [7, 11) is 1.64. The molecule has 1 N–H and O–H groups in total. The predicted molar refractivity (Wildman–Crippen MR) is 82.1 cm³/mol. The number of benzene rings is 1. The van der Waals surface area contributed by atoms with Gasteiger partial charge in [0, 0.05) is 13.6 Å². The Balaban J connectivity index is 2.38. The molecule has 0 saturated carbocycles. The standard InChI is InChI=1S/C16H23N3O2/c1-3-10-19(13-16(20)18-2)11-12-21-15-6-4-14(5-7-15)8-9-17/h4-7H,3,8,10-13H2,1-2H3,(H,18,20). The molecule has 114 valence electrons. The van der Waals surface area contributed by atoms with Crippen LogP contribution in [-0.2, 0) is 11.2 Å². The number of nitrogens with one attached hydrogen (secondary N) is 1. The number of amides is 1. The largest absolute Gasteiger partial charge is 0.492 e. The fourth-order valence-corrected chi connectivity index (χ4v) is 1.96. The first-order chi connectivity index (χ1) is 10.2. The summed E-state index contributed by atoms with van der Waals surface area (Å²) < 4.78 is 5.67. The highest BCUT2D eigenvalue weighted by molar-refractivity contribution is 5.77. The zero-order valence-corrected chi connectivity index (χ0v) is 12.8. The summed E-state index contributed by atoms with van der Waals surface area (Å²) in [5.74, 6) is 0.803. The molecule has 0 aliphatic heterocycles. The van der Waals surface area contributed by atoms with Crippen molar-refractivity contribution < 1.29 is 9.53 Å². The number of likely N-dealkylation sites (N-methyl/N-ethyl adjacent to an activating group) is 1. The van der Waals surface area contributed by atoms with Gasteiger partial charge in [0.1, 0.15) is 12.4 Å². The van der Waals surface area contributed by atoms with Gasteiger partial charge in [-0.3, -0.25) is 9.69 Å². The van der Waals surface area contributed by atoms with Crippen LogP contribution in [0.2, 0.25) is 0 Å². The van der Waals surface area contributed by atoms with Gasteiger partial charge in [-0.25, -0.2) is 0 Å². The van der Waals surface area contributed by atoms with E-state index in [1.54, 1.807) is 7.05 Å². The highest BCUT2D eigenvalue weighted by Crippen LogP contribution is 2.12. The molecule has 1 aromatic rings. The first kappa shape index (κ1) is 17.0. The Kier molecular flexibility index (Phi) is 7.92. The molecule has 0 radical (unpaired) electrons. The van der Waals surface area contributed by atoms with Gasteiger partial charge in [-0.15, -0.1) is 0 Å². The molecule has 1 rings (SSSR count). The van der Waals surface area contributed by atoms with Crippen molar-refractivity contribution in [2.75, 3.05) is 33.3 Å². The maximum Gasteiger partial charge on any atom is 0.233 e. The van der Waals surface area contributed by atoms with E-state index in [0.29, 0.717) is 26.1 Å². The third kappa shape index (κ3) is 6.77. The molecule has 1 amide bonds. The summed E-state index contributed by atoms with van der Waals surface area (Å²) in [5, 5.41) is 11.2. The number of rotatable bonds is 9. The molecule has 0 heterocycles. The summed E-state index contributed by atoms with van der Waals surface area (Å²) >= 11 is 0. The summed E-state index contributed by atoms with van der Waals surface area (Å²) in [6.07, 6.45) is 1.41. The molecule has 0 spiro atoms. The fraction of sp³-hybridized carbons (Fsp3) is 0.500. The van der Waals surface area contributed by atoms with E-state index >= 15 is 0 Å². The lowest BCUT2D eigenvalue weighted by atomic mass is 10.2. The SMILES string of the molecule is CCCN(CCOc1ccc(CC#N)cc1)CC(=O)NC. The molecule has 0 aliphatic rings. The van der Waals surface area contributed by atoms with E-state index in [9.17, 15) is 4.79 Å². The first-order valence-corrected chi connectivity index (χ1v) is 7.21. The number of nitriles is 1. The Hall–Kier alpha value is -2.06. The Morgan fingerprint density at radius 1 is 1.33 bits per heavy atom. The number of hydrogen-bond donors (Lipinski definition) is 1. The van der Waals surface area contributed by atoms with E-state index in [-0.39, 0.29) is 5.91 Å². The Morgan fingerprint density at radius 2 is 2.05 bits per heavy atom. The minimum absolute atomic E-state index is 0.0179. The summed E-state index contributed by atoms with van der Waals surface area (Å²) in [5.41, 5.74) is 0.983. The van der Waals surface area contributed by atoms with Crippen molar-refractivity contribution in [3.05, 3.63) is 29.8 Å². The van der Waals surface area contributed by atoms with Crippen LogP contribution >= 0.6 is 0 Å². The Morgan fingerprint density at radius 3 is 2.62 bits per heavy atom. The number of carbonyl (C=O) groups excluding carboxylic acids is 1. The van der Waals surface area contributed by atoms with Crippen LogP contribution in [0.1, 0.15) is 18.9 Å². The average Bonchev–Trinajstić information content (AvgIpc) is 2.49.